The molecule has 2 rings (SSSR count). The lowest BCUT2D eigenvalue weighted by atomic mass is 10.3. The third-order valence-electron chi connectivity index (χ3n) is 2.48. The van der Waals surface area contributed by atoms with Gasteiger partial charge in [0, 0.05) is 15.8 Å². The number of hydrogen-bond acceptors (Lipinski definition) is 4. The van der Waals surface area contributed by atoms with E-state index in [4.69, 9.17) is 5.11 Å². The number of hydrogen-bond donors (Lipinski definition) is 2. The minimum Gasteiger partial charge on any atom is -0.391 e. The van der Waals surface area contributed by atoms with Crippen molar-refractivity contribution in [3.05, 3.63) is 45.7 Å². The van der Waals surface area contributed by atoms with Crippen molar-refractivity contribution in [3.8, 4) is 0 Å². The second-order valence-electron chi connectivity index (χ2n) is 4.05. The lowest BCUT2D eigenvalue weighted by Crippen LogP contribution is -2.13. The summed E-state index contributed by atoms with van der Waals surface area (Å²) in [5.41, 5.74) is -0.196. The monoisotopic (exact) mass is 319 g/mol. The molecule has 0 spiro atoms. The molecule has 1 aromatic carbocycles. The number of benzene rings is 1. The predicted molar refractivity (Wildman–Crippen MR) is 72.1 cm³/mol. The number of aliphatic hydroxyl groups is 1. The van der Waals surface area contributed by atoms with Gasteiger partial charge in [0.1, 0.15) is 16.5 Å². The molecular weight excluding hydrogens is 308 g/mol. The third-order valence-corrected chi connectivity index (χ3v) is 5.16. The Morgan fingerprint density at radius 1 is 1.20 bits per heavy atom. The van der Waals surface area contributed by atoms with Gasteiger partial charge in [-0.1, -0.05) is 0 Å². The normalized spacial score (nSPS) is 11.6. The van der Waals surface area contributed by atoms with Crippen molar-refractivity contribution in [3.63, 3.8) is 0 Å². The van der Waals surface area contributed by atoms with Crippen LogP contribution in [0.3, 0.4) is 0 Å². The lowest BCUT2D eigenvalue weighted by molar-refractivity contribution is 0.285. The number of aliphatic hydroxyl groups excluding tert-OH is 1. The topological polar surface area (TPSA) is 66.4 Å². The van der Waals surface area contributed by atoms with Gasteiger partial charge in [-0.05, 0) is 25.1 Å². The Labute approximate surface area is 118 Å². The van der Waals surface area contributed by atoms with Gasteiger partial charge in [-0.2, -0.15) is 0 Å². The molecule has 0 bridgehead atoms. The Balaban J connectivity index is 2.37. The first kappa shape index (κ1) is 14.9. The van der Waals surface area contributed by atoms with Crippen LogP contribution < -0.4 is 4.72 Å². The summed E-state index contributed by atoms with van der Waals surface area (Å²) in [6, 6.07) is 3.75. The van der Waals surface area contributed by atoms with Crippen molar-refractivity contribution in [1.29, 1.82) is 0 Å². The zero-order chi connectivity index (χ0) is 14.9. The second kappa shape index (κ2) is 5.47. The van der Waals surface area contributed by atoms with Gasteiger partial charge in [0.2, 0.25) is 0 Å². The molecule has 20 heavy (non-hydrogen) atoms. The largest absolute Gasteiger partial charge is 0.391 e. The van der Waals surface area contributed by atoms with Crippen molar-refractivity contribution < 1.29 is 22.3 Å². The number of nitrogens with one attached hydrogen (secondary N) is 1. The highest BCUT2D eigenvalue weighted by Gasteiger charge is 2.20. The summed E-state index contributed by atoms with van der Waals surface area (Å²) in [5, 5.41) is 9.00. The summed E-state index contributed by atoms with van der Waals surface area (Å²) in [7, 11) is -3.95. The molecule has 0 aliphatic heterocycles. The molecule has 0 saturated carbocycles. The number of aryl methyl sites for hydroxylation is 1. The molecule has 0 aliphatic carbocycles. The average molecular weight is 319 g/mol. The van der Waals surface area contributed by atoms with Gasteiger partial charge in [-0.25, -0.2) is 17.2 Å². The van der Waals surface area contributed by atoms with E-state index in [9.17, 15) is 17.2 Å². The van der Waals surface area contributed by atoms with Crippen LogP contribution in [-0.4, -0.2) is 13.5 Å². The van der Waals surface area contributed by atoms with Crippen LogP contribution in [0.4, 0.5) is 14.5 Å². The summed E-state index contributed by atoms with van der Waals surface area (Å²) >= 11 is 1.14. The molecule has 0 amide bonds. The Morgan fingerprint density at radius 3 is 2.30 bits per heavy atom. The maximum atomic E-state index is 13.0. The van der Waals surface area contributed by atoms with Crippen molar-refractivity contribution in [2.45, 2.75) is 18.4 Å². The molecule has 1 aromatic heterocycles. The minimum absolute atomic E-state index is 0.0174. The van der Waals surface area contributed by atoms with E-state index >= 15 is 0 Å². The molecule has 2 N–H and O–H groups in total. The van der Waals surface area contributed by atoms with Gasteiger partial charge < -0.3 is 5.11 Å². The van der Waals surface area contributed by atoms with Gasteiger partial charge in [-0.3, -0.25) is 4.72 Å². The average Bonchev–Trinajstić information content (AvgIpc) is 2.69. The summed E-state index contributed by atoms with van der Waals surface area (Å²) < 4.78 is 52.5. The molecule has 0 fully saturated rings. The second-order valence-corrected chi connectivity index (χ2v) is 7.05. The first-order chi connectivity index (χ1) is 9.31. The Kier molecular flexibility index (Phi) is 4.07. The Morgan fingerprint density at radius 2 is 1.80 bits per heavy atom. The van der Waals surface area contributed by atoms with Crippen LogP contribution in [-0.2, 0) is 16.6 Å². The van der Waals surface area contributed by atoms with Gasteiger partial charge in [0.15, 0.2) is 0 Å². The summed E-state index contributed by atoms with van der Waals surface area (Å²) in [6.07, 6.45) is 0. The van der Waals surface area contributed by atoms with Crippen LogP contribution in [0.15, 0.2) is 29.2 Å². The number of anilines is 1. The summed E-state index contributed by atoms with van der Waals surface area (Å²) in [5.74, 6) is -1.75. The van der Waals surface area contributed by atoms with E-state index in [-0.39, 0.29) is 17.2 Å². The van der Waals surface area contributed by atoms with E-state index in [0.29, 0.717) is 15.8 Å². The molecule has 0 unspecified atom stereocenters. The SMILES string of the molecule is Cc1sc(CO)cc1S(=O)(=O)Nc1cc(F)cc(F)c1. The highest BCUT2D eigenvalue weighted by atomic mass is 32.2. The quantitative estimate of drug-likeness (QED) is 0.910. The maximum absolute atomic E-state index is 13.0. The molecule has 108 valence electrons. The molecule has 0 aliphatic rings. The number of rotatable bonds is 4. The van der Waals surface area contributed by atoms with Crippen LogP contribution in [0.5, 0.6) is 0 Å². The number of thiophene rings is 1. The summed E-state index contributed by atoms with van der Waals surface area (Å²) in [4.78, 5) is 0.961. The lowest BCUT2D eigenvalue weighted by Gasteiger charge is -2.07. The van der Waals surface area contributed by atoms with Crippen molar-refractivity contribution >= 4 is 27.0 Å². The first-order valence-electron chi connectivity index (χ1n) is 5.51. The molecule has 4 nitrogen and oxygen atoms in total. The van der Waals surface area contributed by atoms with Gasteiger partial charge in [0.05, 0.1) is 12.3 Å². The zero-order valence-corrected chi connectivity index (χ0v) is 12.0. The molecule has 0 atom stereocenters. The van der Waals surface area contributed by atoms with Crippen molar-refractivity contribution in [2.24, 2.45) is 0 Å². The van der Waals surface area contributed by atoms with Crippen molar-refractivity contribution in [2.75, 3.05) is 4.72 Å². The number of sulfonamides is 1. The smallest absolute Gasteiger partial charge is 0.263 e. The predicted octanol–water partition coefficient (Wildman–Crippen LogP) is 2.63. The van der Waals surface area contributed by atoms with Crippen LogP contribution >= 0.6 is 11.3 Å². The minimum atomic E-state index is -3.95. The Hall–Kier alpha value is -1.51. The highest BCUT2D eigenvalue weighted by Crippen LogP contribution is 2.27. The maximum Gasteiger partial charge on any atom is 0.263 e. The van der Waals surface area contributed by atoms with Gasteiger partial charge in [0.25, 0.3) is 10.0 Å². The molecule has 1 heterocycles. The van der Waals surface area contributed by atoms with Crippen LogP contribution in [0.25, 0.3) is 0 Å². The standard InChI is InChI=1S/C12H11F2NO3S2/c1-7-12(5-11(6-16)19-7)20(17,18)15-10-3-8(13)2-9(14)4-10/h2-5,15-16H,6H2,1H3. The fourth-order valence-electron chi connectivity index (χ4n) is 1.69. The fourth-order valence-corrected chi connectivity index (χ4v) is 4.23. The Bertz CT molecular complexity index is 721. The molecule has 8 heteroatoms. The third kappa shape index (κ3) is 3.14. The summed E-state index contributed by atoms with van der Waals surface area (Å²) in [6.45, 7) is 1.32. The highest BCUT2D eigenvalue weighted by molar-refractivity contribution is 7.93. The molecule has 0 saturated heterocycles. The molecule has 2 aromatic rings. The zero-order valence-electron chi connectivity index (χ0n) is 10.4. The van der Waals surface area contributed by atoms with Gasteiger partial charge in [-0.15, -0.1) is 11.3 Å². The first-order valence-corrected chi connectivity index (χ1v) is 7.81. The van der Waals surface area contributed by atoms with E-state index in [1.54, 1.807) is 6.92 Å². The van der Waals surface area contributed by atoms with Crippen LogP contribution in [0.2, 0.25) is 0 Å². The van der Waals surface area contributed by atoms with E-state index in [1.165, 1.54) is 6.07 Å². The fraction of sp³-hybridized carbons (Fsp3) is 0.167. The van der Waals surface area contributed by atoms with Crippen LogP contribution in [0, 0.1) is 18.6 Å². The van der Waals surface area contributed by atoms with Gasteiger partial charge >= 0.3 is 0 Å². The van der Waals surface area contributed by atoms with E-state index in [2.05, 4.69) is 4.72 Å². The van der Waals surface area contributed by atoms with E-state index < -0.39 is 21.7 Å². The van der Waals surface area contributed by atoms with Crippen LogP contribution in [0.1, 0.15) is 9.75 Å². The number of halogens is 2. The molecule has 0 radical (unpaired) electrons. The molecular formula is C12H11F2NO3S2. The van der Waals surface area contributed by atoms with E-state index in [0.717, 1.165) is 23.5 Å². The van der Waals surface area contributed by atoms with E-state index in [1.807, 2.05) is 0 Å². The van der Waals surface area contributed by atoms with Crippen molar-refractivity contribution in [1.82, 2.24) is 0 Å².